The van der Waals surface area contributed by atoms with Gasteiger partial charge in [-0.3, -0.25) is 9.97 Å². The summed E-state index contributed by atoms with van der Waals surface area (Å²) in [7, 11) is 0. The Morgan fingerprint density at radius 1 is 0.681 bits per heavy atom. The fourth-order valence-corrected chi connectivity index (χ4v) is 5.53. The standard InChI is InChI=1S/C41H39N4O.Pt/c1-40(2,3)30-25-33(39(46)34(26-30)41(4,5)6)35-27-43-37(28-16-9-7-10-17-28)38(44-35)29-18-15-21-32(24-29)45(31-19-11-8-12-20-31)36-22-13-14-23-42-36;/h7-23,25-27,46H,1-6H3;/q-1;. The molecule has 0 saturated heterocycles. The van der Waals surface area contributed by atoms with Gasteiger partial charge in [0.25, 0.3) is 0 Å². The molecule has 6 heteroatoms. The molecule has 0 spiro atoms. The van der Waals surface area contributed by atoms with Crippen molar-refractivity contribution in [2.45, 2.75) is 52.4 Å². The molecule has 0 fully saturated rings. The van der Waals surface area contributed by atoms with E-state index in [4.69, 9.17) is 9.97 Å². The Kier molecular flexibility index (Phi) is 9.79. The normalized spacial score (nSPS) is 11.5. The maximum absolute atomic E-state index is 11.7. The summed E-state index contributed by atoms with van der Waals surface area (Å²) in [5.74, 6) is 1.01. The molecule has 6 rings (SSSR count). The molecule has 0 bridgehead atoms. The van der Waals surface area contributed by atoms with Crippen LogP contribution in [0, 0.1) is 6.07 Å². The van der Waals surface area contributed by atoms with Crippen LogP contribution in [-0.2, 0) is 31.9 Å². The van der Waals surface area contributed by atoms with E-state index in [0.717, 1.165) is 45.1 Å². The van der Waals surface area contributed by atoms with Gasteiger partial charge in [-0.1, -0.05) is 102 Å². The van der Waals surface area contributed by atoms with Crippen LogP contribution in [0.15, 0.2) is 122 Å². The quantitative estimate of drug-likeness (QED) is 0.170. The van der Waals surface area contributed by atoms with Gasteiger partial charge in [-0.15, -0.1) is 29.8 Å². The van der Waals surface area contributed by atoms with Gasteiger partial charge in [0, 0.05) is 49.8 Å². The minimum Gasteiger partial charge on any atom is -0.507 e. The summed E-state index contributed by atoms with van der Waals surface area (Å²) < 4.78 is 0. The molecular weight excluding hydrogens is 760 g/mol. The van der Waals surface area contributed by atoms with Crippen LogP contribution in [0.3, 0.4) is 0 Å². The maximum atomic E-state index is 11.7. The van der Waals surface area contributed by atoms with Crippen LogP contribution < -0.4 is 4.90 Å². The van der Waals surface area contributed by atoms with E-state index < -0.39 is 0 Å². The van der Waals surface area contributed by atoms with E-state index in [2.05, 4.69) is 81.8 Å². The summed E-state index contributed by atoms with van der Waals surface area (Å²) in [5, 5.41) is 11.7. The van der Waals surface area contributed by atoms with Crippen LogP contribution in [0.5, 0.6) is 5.75 Å². The zero-order valence-electron chi connectivity index (χ0n) is 27.6. The number of phenolic OH excluding ortho intramolecular Hbond substituents is 1. The zero-order chi connectivity index (χ0) is 32.5. The van der Waals surface area contributed by atoms with Crippen LogP contribution in [-0.4, -0.2) is 20.1 Å². The molecule has 240 valence electrons. The largest absolute Gasteiger partial charge is 0.507 e. The molecule has 0 unspecified atom stereocenters. The molecule has 0 radical (unpaired) electrons. The molecular formula is C41H39N4OPt-. The number of hydrogen-bond acceptors (Lipinski definition) is 5. The second-order valence-corrected chi connectivity index (χ2v) is 13.5. The van der Waals surface area contributed by atoms with Gasteiger partial charge in [-0.2, -0.15) is 0 Å². The third kappa shape index (κ3) is 7.21. The number of nitrogens with zero attached hydrogens (tertiary/aromatic N) is 4. The monoisotopic (exact) mass is 798 g/mol. The number of pyridine rings is 1. The van der Waals surface area contributed by atoms with Crippen molar-refractivity contribution in [1.82, 2.24) is 15.0 Å². The Morgan fingerprint density at radius 3 is 2.00 bits per heavy atom. The van der Waals surface area contributed by atoms with Gasteiger partial charge >= 0.3 is 0 Å². The van der Waals surface area contributed by atoms with Crippen LogP contribution in [0.1, 0.15) is 52.7 Å². The smallest absolute Gasteiger partial charge is 0.136 e. The molecule has 1 N–H and O–H groups in total. The molecule has 5 nitrogen and oxygen atoms in total. The van der Waals surface area contributed by atoms with Gasteiger partial charge in [0.2, 0.25) is 0 Å². The second kappa shape index (κ2) is 13.6. The molecule has 0 amide bonds. The van der Waals surface area contributed by atoms with Gasteiger partial charge in [0.15, 0.2) is 0 Å². The number of aromatic hydroxyl groups is 1. The van der Waals surface area contributed by atoms with Crippen molar-refractivity contribution in [1.29, 1.82) is 0 Å². The van der Waals surface area contributed by atoms with Crippen molar-refractivity contribution in [3.05, 3.63) is 139 Å². The van der Waals surface area contributed by atoms with Gasteiger partial charge in [0.05, 0.1) is 17.6 Å². The summed E-state index contributed by atoms with van der Waals surface area (Å²) in [6, 6.07) is 40.0. The fraction of sp³-hybridized carbons (Fsp3) is 0.195. The Morgan fingerprint density at radius 2 is 1.36 bits per heavy atom. The van der Waals surface area contributed by atoms with Crippen LogP contribution in [0.25, 0.3) is 33.8 Å². The number of para-hydroxylation sites is 1. The van der Waals surface area contributed by atoms with Crippen molar-refractivity contribution < 1.29 is 26.2 Å². The van der Waals surface area contributed by atoms with Gasteiger partial charge < -0.3 is 10.0 Å². The summed E-state index contributed by atoms with van der Waals surface area (Å²) in [6.45, 7) is 12.9. The number of phenols is 1. The van der Waals surface area contributed by atoms with E-state index in [1.165, 1.54) is 0 Å². The fourth-order valence-electron chi connectivity index (χ4n) is 5.53. The summed E-state index contributed by atoms with van der Waals surface area (Å²) in [4.78, 5) is 17.0. The summed E-state index contributed by atoms with van der Waals surface area (Å²) in [6.07, 6.45) is 3.56. The minimum atomic E-state index is -0.269. The topological polar surface area (TPSA) is 62.1 Å². The summed E-state index contributed by atoms with van der Waals surface area (Å²) in [5.41, 5.74) is 7.82. The Balaban J connectivity index is 0.00000433. The van der Waals surface area contributed by atoms with Gasteiger partial charge in [0.1, 0.15) is 11.6 Å². The van der Waals surface area contributed by atoms with E-state index in [1.54, 1.807) is 12.4 Å². The number of aromatic nitrogens is 3. The second-order valence-electron chi connectivity index (χ2n) is 13.5. The molecule has 0 aliphatic carbocycles. The van der Waals surface area contributed by atoms with E-state index >= 15 is 0 Å². The average molecular weight is 799 g/mol. The van der Waals surface area contributed by atoms with Crippen molar-refractivity contribution in [3.8, 4) is 39.5 Å². The molecule has 2 aromatic heterocycles. The van der Waals surface area contributed by atoms with Crippen molar-refractivity contribution in [2.24, 2.45) is 0 Å². The molecule has 0 aliphatic rings. The third-order valence-electron chi connectivity index (χ3n) is 8.05. The van der Waals surface area contributed by atoms with Crippen LogP contribution in [0.2, 0.25) is 0 Å². The Labute approximate surface area is 292 Å². The zero-order valence-corrected chi connectivity index (χ0v) is 29.9. The first-order chi connectivity index (χ1) is 22.0. The number of benzene rings is 4. The van der Waals surface area contributed by atoms with Crippen LogP contribution in [0.4, 0.5) is 17.2 Å². The maximum Gasteiger partial charge on any atom is 0.136 e. The first-order valence-electron chi connectivity index (χ1n) is 15.6. The molecule has 2 heterocycles. The predicted octanol–water partition coefficient (Wildman–Crippen LogP) is 10.4. The summed E-state index contributed by atoms with van der Waals surface area (Å²) >= 11 is 0. The Bertz CT molecular complexity index is 1930. The average Bonchev–Trinajstić information content (AvgIpc) is 3.05. The van der Waals surface area contributed by atoms with Gasteiger partial charge in [-0.25, -0.2) is 4.98 Å². The number of anilines is 3. The van der Waals surface area contributed by atoms with E-state index in [9.17, 15) is 5.11 Å². The minimum absolute atomic E-state index is 0. The van der Waals surface area contributed by atoms with E-state index in [-0.39, 0.29) is 37.6 Å². The molecule has 4 aromatic carbocycles. The molecule has 6 aromatic rings. The van der Waals surface area contributed by atoms with E-state index in [0.29, 0.717) is 17.0 Å². The van der Waals surface area contributed by atoms with Crippen molar-refractivity contribution in [3.63, 3.8) is 0 Å². The van der Waals surface area contributed by atoms with Crippen LogP contribution >= 0.6 is 0 Å². The molecule has 0 aliphatic heterocycles. The van der Waals surface area contributed by atoms with Crippen molar-refractivity contribution in [2.75, 3.05) is 4.90 Å². The number of hydrogen-bond donors (Lipinski definition) is 1. The van der Waals surface area contributed by atoms with Gasteiger partial charge in [-0.05, 0) is 58.0 Å². The predicted molar refractivity (Wildman–Crippen MR) is 189 cm³/mol. The number of rotatable bonds is 6. The SMILES string of the molecule is CC(C)(C)c1cc(-c2cnc(-c3ccccc3)c(-c3[c-]c(N(c4ccccc4)c4ccccn4)ccc3)n2)c(O)c(C(C)(C)C)c1.[Pt]. The first-order valence-corrected chi connectivity index (χ1v) is 15.6. The molecule has 0 saturated carbocycles. The molecule has 47 heavy (non-hydrogen) atoms. The van der Waals surface area contributed by atoms with E-state index in [1.807, 2.05) is 84.9 Å². The third-order valence-corrected chi connectivity index (χ3v) is 8.05. The van der Waals surface area contributed by atoms with Crippen molar-refractivity contribution >= 4 is 17.2 Å². The Hall–Kier alpha value is -4.60. The first kappa shape index (κ1) is 33.8. The molecule has 0 atom stereocenters.